The number of hydrogen-bond donors (Lipinski definition) is 1. The summed E-state index contributed by atoms with van der Waals surface area (Å²) < 4.78 is 2.60. The lowest BCUT2D eigenvalue weighted by atomic mass is 9.87. The molecule has 0 aliphatic heterocycles. The monoisotopic (exact) mass is 417 g/mol. The topological polar surface area (TPSA) is 46.9 Å². The summed E-state index contributed by atoms with van der Waals surface area (Å²) in [5.74, 6) is 0.553. The second-order valence-corrected chi connectivity index (χ2v) is 8.64. The van der Waals surface area contributed by atoms with Gasteiger partial charge in [-0.15, -0.1) is 11.3 Å². The molecule has 0 aliphatic carbocycles. The van der Waals surface area contributed by atoms with E-state index in [1.807, 2.05) is 17.5 Å². The number of hydrogen-bond acceptors (Lipinski definition) is 3. The zero-order chi connectivity index (χ0) is 18.0. The fraction of sp³-hybridized carbons (Fsp3) is 0.263. The Balaban J connectivity index is 1.74. The molecule has 1 aromatic carbocycles. The van der Waals surface area contributed by atoms with Gasteiger partial charge in [0, 0.05) is 10.5 Å². The van der Waals surface area contributed by atoms with Crippen LogP contribution in [-0.4, -0.2) is 15.7 Å². The number of nitrogens with one attached hydrogen (secondary N) is 1. The zero-order valence-corrected chi connectivity index (χ0v) is 16.8. The third-order valence-electron chi connectivity index (χ3n) is 3.93. The second-order valence-electron chi connectivity index (χ2n) is 6.87. The molecule has 0 atom stereocenters. The van der Waals surface area contributed by atoms with Crippen LogP contribution in [0.25, 0.3) is 0 Å². The molecule has 3 aromatic rings. The molecular weight excluding hydrogens is 398 g/mol. The van der Waals surface area contributed by atoms with Gasteiger partial charge in [-0.2, -0.15) is 5.10 Å². The number of nitrogens with zero attached hydrogens (tertiary/aromatic N) is 2. The molecule has 25 heavy (non-hydrogen) atoms. The summed E-state index contributed by atoms with van der Waals surface area (Å²) in [4.78, 5) is 13.0. The van der Waals surface area contributed by atoms with Gasteiger partial charge in [0.2, 0.25) is 0 Å². The van der Waals surface area contributed by atoms with Crippen molar-refractivity contribution in [1.29, 1.82) is 0 Å². The quantitative estimate of drug-likeness (QED) is 0.625. The smallest absolute Gasteiger partial charge is 0.268 e. The van der Waals surface area contributed by atoms with Gasteiger partial charge in [-0.25, -0.2) is 4.68 Å². The molecule has 0 radical (unpaired) electrons. The Kier molecular flexibility index (Phi) is 5.11. The number of carbonyl (C=O) groups excluding carboxylic acids is 1. The van der Waals surface area contributed by atoms with Crippen LogP contribution in [0.5, 0.6) is 0 Å². The van der Waals surface area contributed by atoms with E-state index in [1.54, 1.807) is 10.9 Å². The van der Waals surface area contributed by atoms with Crippen LogP contribution < -0.4 is 5.32 Å². The van der Waals surface area contributed by atoms with Crippen molar-refractivity contribution in [2.24, 2.45) is 0 Å². The molecule has 2 aromatic heterocycles. The number of benzene rings is 1. The third-order valence-corrected chi connectivity index (χ3v) is 5.77. The normalized spacial score (nSPS) is 11.5. The molecule has 1 N–H and O–H groups in total. The average Bonchev–Trinajstić information content (AvgIpc) is 3.16. The van der Waals surface area contributed by atoms with Gasteiger partial charge in [0.25, 0.3) is 5.91 Å². The van der Waals surface area contributed by atoms with E-state index in [9.17, 15) is 4.79 Å². The minimum atomic E-state index is -0.133. The van der Waals surface area contributed by atoms with Crippen molar-refractivity contribution >= 4 is 39.0 Å². The van der Waals surface area contributed by atoms with E-state index >= 15 is 0 Å². The lowest BCUT2D eigenvalue weighted by molar-refractivity contribution is 0.102. The number of thiophene rings is 1. The van der Waals surface area contributed by atoms with E-state index in [0.29, 0.717) is 17.2 Å². The summed E-state index contributed by atoms with van der Waals surface area (Å²) in [5.41, 5.74) is 2.58. The largest absolute Gasteiger partial charge is 0.306 e. The predicted molar refractivity (Wildman–Crippen MR) is 106 cm³/mol. The summed E-state index contributed by atoms with van der Waals surface area (Å²) in [7, 11) is 0. The van der Waals surface area contributed by atoms with E-state index in [0.717, 1.165) is 10.0 Å². The molecule has 0 fully saturated rings. The maximum Gasteiger partial charge on any atom is 0.268 e. The summed E-state index contributed by atoms with van der Waals surface area (Å²) in [6.07, 6.45) is 1.70. The van der Waals surface area contributed by atoms with Crippen LogP contribution in [0.4, 0.5) is 5.82 Å². The molecule has 0 saturated carbocycles. The Bertz CT molecular complexity index is 875. The average molecular weight is 418 g/mol. The summed E-state index contributed by atoms with van der Waals surface area (Å²) in [6.45, 7) is 7.21. The van der Waals surface area contributed by atoms with Crippen LogP contribution in [0.3, 0.4) is 0 Å². The zero-order valence-electron chi connectivity index (χ0n) is 14.4. The standard InChI is InChI=1S/C19H20BrN3OS/c1-19(2,3)14-6-4-13(5-7-14)12-23-16(8-10-21-23)22-18(24)17-15(20)9-11-25-17/h4-11H,12H2,1-3H3,(H,22,24). The van der Waals surface area contributed by atoms with Crippen LogP contribution >= 0.6 is 27.3 Å². The van der Waals surface area contributed by atoms with Gasteiger partial charge in [0.15, 0.2) is 0 Å². The first-order valence-corrected chi connectivity index (χ1v) is 9.67. The number of anilines is 1. The minimum absolute atomic E-state index is 0.133. The van der Waals surface area contributed by atoms with Gasteiger partial charge in [-0.1, -0.05) is 45.0 Å². The van der Waals surface area contributed by atoms with E-state index in [4.69, 9.17) is 0 Å². The lowest BCUT2D eigenvalue weighted by Crippen LogP contribution is -2.15. The molecule has 3 rings (SSSR count). The molecule has 4 nitrogen and oxygen atoms in total. The molecule has 1 amide bonds. The number of halogens is 1. The first kappa shape index (κ1) is 17.9. The molecule has 0 unspecified atom stereocenters. The van der Waals surface area contributed by atoms with E-state index < -0.39 is 0 Å². The molecule has 0 aliphatic rings. The first-order chi connectivity index (χ1) is 11.8. The van der Waals surface area contributed by atoms with Gasteiger partial charge < -0.3 is 5.32 Å². The second kappa shape index (κ2) is 7.14. The van der Waals surface area contributed by atoms with E-state index in [2.05, 4.69) is 71.4 Å². The number of amides is 1. The Morgan fingerprint density at radius 1 is 1.20 bits per heavy atom. The van der Waals surface area contributed by atoms with Crippen molar-refractivity contribution in [2.45, 2.75) is 32.7 Å². The summed E-state index contributed by atoms with van der Waals surface area (Å²) in [6, 6.07) is 12.2. The van der Waals surface area contributed by atoms with Crippen LogP contribution in [0, 0.1) is 0 Å². The Morgan fingerprint density at radius 2 is 1.92 bits per heavy atom. The summed E-state index contributed by atoms with van der Waals surface area (Å²) >= 11 is 4.80. The summed E-state index contributed by atoms with van der Waals surface area (Å²) in [5, 5.41) is 9.15. The van der Waals surface area contributed by atoms with Gasteiger partial charge in [0.05, 0.1) is 12.7 Å². The van der Waals surface area contributed by atoms with Gasteiger partial charge in [-0.05, 0) is 43.9 Å². The van der Waals surface area contributed by atoms with Crippen molar-refractivity contribution in [1.82, 2.24) is 9.78 Å². The van der Waals surface area contributed by atoms with Crippen LogP contribution in [0.2, 0.25) is 0 Å². The fourth-order valence-electron chi connectivity index (χ4n) is 2.48. The predicted octanol–water partition coefficient (Wildman–Crippen LogP) is 5.31. The highest BCUT2D eigenvalue weighted by Crippen LogP contribution is 2.25. The third kappa shape index (κ3) is 4.19. The lowest BCUT2D eigenvalue weighted by Gasteiger charge is -2.19. The number of carbonyl (C=O) groups is 1. The first-order valence-electron chi connectivity index (χ1n) is 8.00. The SMILES string of the molecule is CC(C)(C)c1ccc(Cn2nccc2NC(=O)c2sccc2Br)cc1. The maximum atomic E-state index is 12.4. The number of aromatic nitrogens is 2. The molecular formula is C19H20BrN3OS. The molecule has 2 heterocycles. The maximum absolute atomic E-state index is 12.4. The highest BCUT2D eigenvalue weighted by molar-refractivity contribution is 9.10. The van der Waals surface area contributed by atoms with Crippen molar-refractivity contribution in [2.75, 3.05) is 5.32 Å². The molecule has 0 spiro atoms. The fourth-order valence-corrected chi connectivity index (χ4v) is 3.92. The Labute approximate surface area is 160 Å². The Hall–Kier alpha value is -1.92. The molecule has 0 bridgehead atoms. The van der Waals surface area contributed by atoms with Crippen LogP contribution in [0.15, 0.2) is 52.4 Å². The van der Waals surface area contributed by atoms with Gasteiger partial charge in [0.1, 0.15) is 10.7 Å². The number of rotatable bonds is 4. The van der Waals surface area contributed by atoms with Crippen molar-refractivity contribution in [3.05, 3.63) is 68.5 Å². The molecule has 0 saturated heterocycles. The van der Waals surface area contributed by atoms with E-state index in [-0.39, 0.29) is 11.3 Å². The molecule has 6 heteroatoms. The van der Waals surface area contributed by atoms with Crippen molar-refractivity contribution in [3.8, 4) is 0 Å². The van der Waals surface area contributed by atoms with Gasteiger partial charge >= 0.3 is 0 Å². The van der Waals surface area contributed by atoms with Crippen molar-refractivity contribution in [3.63, 3.8) is 0 Å². The highest BCUT2D eigenvalue weighted by Gasteiger charge is 2.15. The van der Waals surface area contributed by atoms with E-state index in [1.165, 1.54) is 16.9 Å². The minimum Gasteiger partial charge on any atom is -0.306 e. The van der Waals surface area contributed by atoms with Gasteiger partial charge in [-0.3, -0.25) is 4.79 Å². The molecule has 130 valence electrons. The highest BCUT2D eigenvalue weighted by atomic mass is 79.9. The van der Waals surface area contributed by atoms with Crippen LogP contribution in [0.1, 0.15) is 41.6 Å². The van der Waals surface area contributed by atoms with Crippen LogP contribution in [-0.2, 0) is 12.0 Å². The van der Waals surface area contributed by atoms with Crippen molar-refractivity contribution < 1.29 is 4.79 Å². The Morgan fingerprint density at radius 3 is 2.52 bits per heavy atom.